The Kier molecular flexibility index (Phi) is 5.43. The molecule has 2 unspecified atom stereocenters. The summed E-state index contributed by atoms with van der Waals surface area (Å²) in [5.74, 6) is 0.187. The molecule has 2 atom stereocenters. The number of carbonyl (C=O) groups excluding carboxylic acids is 2. The Hall–Kier alpha value is -2.51. The van der Waals surface area contributed by atoms with Crippen LogP contribution in [-0.4, -0.2) is 40.7 Å². The van der Waals surface area contributed by atoms with Crippen LogP contribution in [0.2, 0.25) is 0 Å². The summed E-state index contributed by atoms with van der Waals surface area (Å²) >= 11 is 0. The Balaban J connectivity index is 1.38. The zero-order valence-corrected chi connectivity index (χ0v) is 16.1. The van der Waals surface area contributed by atoms with E-state index in [2.05, 4.69) is 46.6 Å². The molecule has 8 nitrogen and oxygen atoms in total. The van der Waals surface area contributed by atoms with E-state index in [1.807, 2.05) is 0 Å². The van der Waals surface area contributed by atoms with E-state index in [1.54, 1.807) is 18.5 Å². The standard InChI is InChI=1S/C19H27N5O3/c1-18(2)13-5-7-19(18,3)14(11-13)23-24-15(25)12-27-16(26)6-10-22-17-20-8-4-9-21-17/h4,8-9,13H,5-7,10-12H2,1-3H3,(H,24,25)(H,20,21,22)/b23-14-. The van der Waals surface area contributed by atoms with Crippen molar-refractivity contribution in [2.24, 2.45) is 21.8 Å². The average molecular weight is 373 g/mol. The van der Waals surface area contributed by atoms with Gasteiger partial charge in [-0.3, -0.25) is 9.59 Å². The smallest absolute Gasteiger partial charge is 0.308 e. The monoisotopic (exact) mass is 373 g/mol. The number of hydrogen-bond acceptors (Lipinski definition) is 7. The lowest BCUT2D eigenvalue weighted by molar-refractivity contribution is -0.148. The first kappa shape index (κ1) is 19.3. The van der Waals surface area contributed by atoms with Crippen molar-refractivity contribution in [3.8, 4) is 0 Å². The van der Waals surface area contributed by atoms with Crippen molar-refractivity contribution in [1.82, 2.24) is 15.4 Å². The fraction of sp³-hybridized carbons (Fsp3) is 0.632. The molecule has 146 valence electrons. The number of nitrogens with one attached hydrogen (secondary N) is 2. The van der Waals surface area contributed by atoms with Crippen LogP contribution in [-0.2, 0) is 14.3 Å². The summed E-state index contributed by atoms with van der Waals surface area (Å²) in [6.07, 6.45) is 6.59. The SMILES string of the molecule is CC12CCC(C/C1=N/NC(=O)COC(=O)CCNc1ncccn1)C2(C)C. The van der Waals surface area contributed by atoms with Gasteiger partial charge >= 0.3 is 5.97 Å². The Morgan fingerprint density at radius 3 is 2.67 bits per heavy atom. The van der Waals surface area contributed by atoms with E-state index < -0.39 is 11.9 Å². The number of rotatable bonds is 7. The number of carbonyl (C=O) groups is 2. The summed E-state index contributed by atoms with van der Waals surface area (Å²) < 4.78 is 4.98. The number of hydrogen-bond donors (Lipinski definition) is 2. The molecule has 1 heterocycles. The van der Waals surface area contributed by atoms with E-state index in [9.17, 15) is 9.59 Å². The molecule has 1 aromatic rings. The Labute approximate surface area is 159 Å². The largest absolute Gasteiger partial charge is 0.455 e. The molecule has 2 N–H and O–H groups in total. The second kappa shape index (κ2) is 7.62. The van der Waals surface area contributed by atoms with E-state index in [0.717, 1.165) is 18.6 Å². The number of ether oxygens (including phenoxy) is 1. The van der Waals surface area contributed by atoms with Gasteiger partial charge in [-0.1, -0.05) is 20.8 Å². The maximum atomic E-state index is 11.9. The van der Waals surface area contributed by atoms with Gasteiger partial charge in [-0.25, -0.2) is 15.4 Å². The van der Waals surface area contributed by atoms with Crippen molar-refractivity contribution in [1.29, 1.82) is 0 Å². The summed E-state index contributed by atoms with van der Waals surface area (Å²) in [6, 6.07) is 1.71. The van der Waals surface area contributed by atoms with Crippen LogP contribution in [0, 0.1) is 16.7 Å². The molecule has 3 rings (SSSR count). The summed E-state index contributed by atoms with van der Waals surface area (Å²) in [5, 5.41) is 7.26. The Bertz CT molecular complexity index is 734. The van der Waals surface area contributed by atoms with Gasteiger partial charge in [0.15, 0.2) is 6.61 Å². The molecule has 2 aliphatic carbocycles. The van der Waals surface area contributed by atoms with Crippen LogP contribution in [0.15, 0.2) is 23.6 Å². The van der Waals surface area contributed by atoms with Crippen molar-refractivity contribution < 1.29 is 14.3 Å². The first-order valence-corrected chi connectivity index (χ1v) is 9.35. The maximum absolute atomic E-state index is 11.9. The second-order valence-corrected chi connectivity index (χ2v) is 8.00. The number of nitrogens with zero attached hydrogens (tertiary/aromatic N) is 3. The van der Waals surface area contributed by atoms with Crippen molar-refractivity contribution in [3.05, 3.63) is 18.5 Å². The van der Waals surface area contributed by atoms with Crippen molar-refractivity contribution in [2.75, 3.05) is 18.5 Å². The molecule has 0 saturated heterocycles. The third-order valence-electron chi connectivity index (χ3n) is 6.37. The zero-order chi connectivity index (χ0) is 19.5. The molecular formula is C19H27N5O3. The third-order valence-corrected chi connectivity index (χ3v) is 6.37. The van der Waals surface area contributed by atoms with Gasteiger partial charge in [-0.2, -0.15) is 5.10 Å². The molecule has 1 aromatic heterocycles. The highest BCUT2D eigenvalue weighted by Gasteiger charge is 2.60. The van der Waals surface area contributed by atoms with Crippen LogP contribution in [0.4, 0.5) is 5.95 Å². The van der Waals surface area contributed by atoms with Gasteiger partial charge in [-0.15, -0.1) is 0 Å². The van der Waals surface area contributed by atoms with Crippen LogP contribution in [0.3, 0.4) is 0 Å². The lowest BCUT2D eigenvalue weighted by atomic mass is 9.70. The number of esters is 1. The molecule has 1 amide bonds. The highest BCUT2D eigenvalue weighted by atomic mass is 16.5. The minimum Gasteiger partial charge on any atom is -0.455 e. The van der Waals surface area contributed by atoms with Gasteiger partial charge in [0.25, 0.3) is 5.91 Å². The predicted molar refractivity (Wildman–Crippen MR) is 101 cm³/mol. The minimum atomic E-state index is -0.464. The predicted octanol–water partition coefficient (Wildman–Crippen LogP) is 2.14. The molecule has 0 spiro atoms. The van der Waals surface area contributed by atoms with E-state index in [-0.39, 0.29) is 23.9 Å². The molecule has 2 fully saturated rings. The minimum absolute atomic E-state index is 0.0345. The van der Waals surface area contributed by atoms with Crippen LogP contribution >= 0.6 is 0 Å². The molecule has 2 bridgehead atoms. The highest BCUT2D eigenvalue weighted by molar-refractivity contribution is 5.95. The molecule has 2 aliphatic rings. The van der Waals surface area contributed by atoms with Gasteiger partial charge < -0.3 is 10.1 Å². The Morgan fingerprint density at radius 1 is 1.30 bits per heavy atom. The summed E-state index contributed by atoms with van der Waals surface area (Å²) in [5.41, 5.74) is 3.84. The third kappa shape index (κ3) is 3.94. The van der Waals surface area contributed by atoms with Crippen molar-refractivity contribution >= 4 is 23.5 Å². The summed E-state index contributed by atoms with van der Waals surface area (Å²) in [4.78, 5) is 31.6. The molecule has 0 radical (unpaired) electrons. The molecule has 8 heteroatoms. The van der Waals surface area contributed by atoms with Gasteiger partial charge in [-0.05, 0) is 36.7 Å². The number of amides is 1. The number of hydrazone groups is 1. The molecular weight excluding hydrogens is 346 g/mol. The van der Waals surface area contributed by atoms with Crippen LogP contribution in [0.25, 0.3) is 0 Å². The van der Waals surface area contributed by atoms with Crippen molar-refractivity contribution in [3.63, 3.8) is 0 Å². The average Bonchev–Trinajstić information content (AvgIpc) is 2.99. The fourth-order valence-corrected chi connectivity index (χ4v) is 4.14. The summed E-state index contributed by atoms with van der Waals surface area (Å²) in [7, 11) is 0. The van der Waals surface area contributed by atoms with Gasteiger partial charge in [0, 0.05) is 30.1 Å². The molecule has 0 aromatic carbocycles. The van der Waals surface area contributed by atoms with E-state index in [1.165, 1.54) is 6.42 Å². The first-order chi connectivity index (χ1) is 12.8. The normalized spacial score (nSPS) is 26.8. The van der Waals surface area contributed by atoms with E-state index in [0.29, 0.717) is 18.4 Å². The van der Waals surface area contributed by atoms with E-state index >= 15 is 0 Å². The lowest BCUT2D eigenvalue weighted by Gasteiger charge is -2.34. The maximum Gasteiger partial charge on any atom is 0.308 e. The quantitative estimate of drug-likeness (QED) is 0.560. The molecule has 27 heavy (non-hydrogen) atoms. The Morgan fingerprint density at radius 2 is 2.04 bits per heavy atom. The lowest BCUT2D eigenvalue weighted by Crippen LogP contribution is -2.35. The summed E-state index contributed by atoms with van der Waals surface area (Å²) in [6.45, 7) is 6.80. The fourth-order valence-electron chi connectivity index (χ4n) is 4.14. The van der Waals surface area contributed by atoms with Crippen LogP contribution < -0.4 is 10.7 Å². The molecule has 2 saturated carbocycles. The van der Waals surface area contributed by atoms with Gasteiger partial charge in [0.05, 0.1) is 6.42 Å². The van der Waals surface area contributed by atoms with Crippen LogP contribution in [0.5, 0.6) is 0 Å². The van der Waals surface area contributed by atoms with Crippen molar-refractivity contribution in [2.45, 2.75) is 46.5 Å². The number of fused-ring (bicyclic) bond motifs is 2. The number of aromatic nitrogens is 2. The van der Waals surface area contributed by atoms with Gasteiger partial charge in [0.2, 0.25) is 5.95 Å². The molecule has 0 aliphatic heterocycles. The topological polar surface area (TPSA) is 106 Å². The van der Waals surface area contributed by atoms with Crippen LogP contribution in [0.1, 0.15) is 46.5 Å². The van der Waals surface area contributed by atoms with Gasteiger partial charge in [0.1, 0.15) is 0 Å². The zero-order valence-electron chi connectivity index (χ0n) is 16.1. The second-order valence-electron chi connectivity index (χ2n) is 8.00. The highest BCUT2D eigenvalue weighted by Crippen LogP contribution is 2.63. The number of anilines is 1. The first-order valence-electron chi connectivity index (χ1n) is 9.35. The van der Waals surface area contributed by atoms with E-state index in [4.69, 9.17) is 4.74 Å².